The molecular weight excluding hydrogens is 274 g/mol. The third-order valence-corrected chi connectivity index (χ3v) is 3.98. The Morgan fingerprint density at radius 3 is 3.00 bits per heavy atom. The maximum atomic E-state index is 6.20. The molecule has 1 fully saturated rings. The molecule has 0 radical (unpaired) electrons. The van der Waals surface area contributed by atoms with Crippen LogP contribution in [0.2, 0.25) is 5.02 Å². The molecule has 112 valence electrons. The maximum Gasteiger partial charge on any atom is 0.128 e. The third kappa shape index (κ3) is 4.08. The molecule has 0 amide bonds. The first-order valence-electron chi connectivity index (χ1n) is 7.46. The number of likely N-dealkylation sites (N-methyl/N-ethyl adjacent to an activating group) is 1. The molecule has 4 nitrogen and oxygen atoms in total. The summed E-state index contributed by atoms with van der Waals surface area (Å²) in [6, 6.07) is 2.09. The third-order valence-electron chi connectivity index (χ3n) is 3.64. The normalized spacial score (nSPS) is 18.4. The van der Waals surface area contributed by atoms with Gasteiger partial charge in [-0.1, -0.05) is 18.5 Å². The average molecular weight is 298 g/mol. The van der Waals surface area contributed by atoms with E-state index in [1.165, 1.54) is 6.42 Å². The Morgan fingerprint density at radius 2 is 2.35 bits per heavy atom. The van der Waals surface area contributed by atoms with Gasteiger partial charge in [0.2, 0.25) is 0 Å². The van der Waals surface area contributed by atoms with E-state index in [1.807, 2.05) is 0 Å². The molecule has 1 aliphatic rings. The van der Waals surface area contributed by atoms with E-state index in [1.54, 1.807) is 6.20 Å². The molecule has 1 aromatic rings. The summed E-state index contributed by atoms with van der Waals surface area (Å²) in [7, 11) is 0. The van der Waals surface area contributed by atoms with Crippen LogP contribution in [0.5, 0.6) is 0 Å². The molecule has 20 heavy (non-hydrogen) atoms. The van der Waals surface area contributed by atoms with Crippen LogP contribution in [0.4, 0.5) is 5.82 Å². The van der Waals surface area contributed by atoms with Crippen molar-refractivity contribution in [2.75, 3.05) is 31.1 Å². The fraction of sp³-hybridized carbons (Fsp3) is 0.667. The van der Waals surface area contributed by atoms with Crippen LogP contribution in [0.3, 0.4) is 0 Å². The van der Waals surface area contributed by atoms with Crippen LogP contribution in [-0.2, 0) is 11.3 Å². The number of nitrogens with one attached hydrogen (secondary N) is 1. The van der Waals surface area contributed by atoms with E-state index in [0.717, 1.165) is 55.6 Å². The van der Waals surface area contributed by atoms with Crippen molar-refractivity contribution in [3.05, 3.63) is 22.8 Å². The van der Waals surface area contributed by atoms with Crippen LogP contribution < -0.4 is 10.2 Å². The quantitative estimate of drug-likeness (QED) is 0.840. The monoisotopic (exact) mass is 297 g/mol. The summed E-state index contributed by atoms with van der Waals surface area (Å²) >= 11 is 6.20. The highest BCUT2D eigenvalue weighted by Crippen LogP contribution is 2.22. The molecule has 1 aliphatic heterocycles. The van der Waals surface area contributed by atoms with Crippen molar-refractivity contribution in [3.63, 3.8) is 0 Å². The van der Waals surface area contributed by atoms with Gasteiger partial charge in [0.1, 0.15) is 5.82 Å². The van der Waals surface area contributed by atoms with Crippen molar-refractivity contribution in [2.24, 2.45) is 0 Å². The highest BCUT2D eigenvalue weighted by Gasteiger charge is 2.19. The molecule has 1 aromatic heterocycles. The Morgan fingerprint density at radius 1 is 1.50 bits per heavy atom. The van der Waals surface area contributed by atoms with E-state index in [4.69, 9.17) is 16.3 Å². The van der Waals surface area contributed by atoms with E-state index >= 15 is 0 Å². The second-order valence-corrected chi connectivity index (χ2v) is 5.50. The second kappa shape index (κ2) is 7.81. The van der Waals surface area contributed by atoms with Gasteiger partial charge < -0.3 is 15.0 Å². The molecule has 0 saturated carbocycles. The fourth-order valence-corrected chi connectivity index (χ4v) is 2.62. The van der Waals surface area contributed by atoms with Crippen molar-refractivity contribution in [1.82, 2.24) is 10.3 Å². The van der Waals surface area contributed by atoms with Gasteiger partial charge in [-0.25, -0.2) is 4.98 Å². The van der Waals surface area contributed by atoms with Crippen LogP contribution in [-0.4, -0.2) is 37.3 Å². The molecule has 1 unspecified atom stereocenters. The number of nitrogens with zero attached hydrogens (tertiary/aromatic N) is 2. The van der Waals surface area contributed by atoms with Crippen molar-refractivity contribution in [2.45, 2.75) is 39.3 Å². The summed E-state index contributed by atoms with van der Waals surface area (Å²) < 4.78 is 5.72. The molecule has 0 bridgehead atoms. The number of hydrogen-bond acceptors (Lipinski definition) is 4. The first kappa shape index (κ1) is 15.5. The standard InChI is InChI=1S/C15H24ClN3O/c1-3-17-9-12-8-15(18-10-14(12)16)19(4-2)11-13-6-5-7-20-13/h8,10,13,17H,3-7,9,11H2,1-2H3. The van der Waals surface area contributed by atoms with Gasteiger partial charge in [-0.05, 0) is 37.9 Å². The van der Waals surface area contributed by atoms with Crippen molar-refractivity contribution in [3.8, 4) is 0 Å². The molecule has 1 atom stereocenters. The Kier molecular flexibility index (Phi) is 6.07. The number of rotatable bonds is 7. The Labute approximate surface area is 126 Å². The number of aromatic nitrogens is 1. The summed E-state index contributed by atoms with van der Waals surface area (Å²) in [4.78, 5) is 6.74. The van der Waals surface area contributed by atoms with Gasteiger partial charge in [-0.2, -0.15) is 0 Å². The number of halogens is 1. The Balaban J connectivity index is 2.07. The van der Waals surface area contributed by atoms with Gasteiger partial charge in [0.05, 0.1) is 11.1 Å². The van der Waals surface area contributed by atoms with Crippen molar-refractivity contribution < 1.29 is 4.74 Å². The molecule has 0 spiro atoms. The lowest BCUT2D eigenvalue weighted by atomic mass is 10.2. The molecule has 0 aromatic carbocycles. The van der Waals surface area contributed by atoms with E-state index < -0.39 is 0 Å². The maximum absolute atomic E-state index is 6.20. The summed E-state index contributed by atoms with van der Waals surface area (Å²) in [6.07, 6.45) is 4.41. The van der Waals surface area contributed by atoms with Crippen LogP contribution >= 0.6 is 11.6 Å². The number of pyridine rings is 1. The molecule has 0 aliphatic carbocycles. The SMILES string of the molecule is CCNCc1cc(N(CC)CC2CCCO2)ncc1Cl. The first-order valence-corrected chi connectivity index (χ1v) is 7.84. The van der Waals surface area contributed by atoms with Gasteiger partial charge in [0.25, 0.3) is 0 Å². The van der Waals surface area contributed by atoms with Crippen LogP contribution in [0.15, 0.2) is 12.3 Å². The van der Waals surface area contributed by atoms with Gasteiger partial charge in [-0.15, -0.1) is 0 Å². The Bertz CT molecular complexity index is 422. The van der Waals surface area contributed by atoms with Crippen molar-refractivity contribution in [1.29, 1.82) is 0 Å². The summed E-state index contributed by atoms with van der Waals surface area (Å²) in [5, 5.41) is 4.03. The Hall–Kier alpha value is -0.840. The van der Waals surface area contributed by atoms with E-state index in [2.05, 4.69) is 35.1 Å². The van der Waals surface area contributed by atoms with Crippen LogP contribution in [0.1, 0.15) is 32.3 Å². The second-order valence-electron chi connectivity index (χ2n) is 5.09. The summed E-state index contributed by atoms with van der Waals surface area (Å²) in [6.45, 7) is 8.67. The van der Waals surface area contributed by atoms with Crippen LogP contribution in [0.25, 0.3) is 0 Å². The molecule has 1 saturated heterocycles. The van der Waals surface area contributed by atoms with Gasteiger partial charge >= 0.3 is 0 Å². The number of anilines is 1. The predicted octanol–water partition coefficient (Wildman–Crippen LogP) is 2.85. The zero-order valence-corrected chi connectivity index (χ0v) is 13.1. The minimum Gasteiger partial charge on any atom is -0.376 e. The zero-order valence-electron chi connectivity index (χ0n) is 12.4. The lowest BCUT2D eigenvalue weighted by Gasteiger charge is -2.25. The average Bonchev–Trinajstić information content (AvgIpc) is 2.97. The predicted molar refractivity (Wildman–Crippen MR) is 83.5 cm³/mol. The highest BCUT2D eigenvalue weighted by atomic mass is 35.5. The largest absolute Gasteiger partial charge is 0.376 e. The lowest BCUT2D eigenvalue weighted by Crippen LogP contribution is -2.32. The summed E-state index contributed by atoms with van der Waals surface area (Å²) in [5.41, 5.74) is 1.10. The van der Waals surface area contributed by atoms with E-state index in [9.17, 15) is 0 Å². The number of ether oxygens (including phenoxy) is 1. The van der Waals surface area contributed by atoms with Gasteiger partial charge in [0.15, 0.2) is 0 Å². The van der Waals surface area contributed by atoms with E-state index in [-0.39, 0.29) is 0 Å². The molecular formula is C15H24ClN3O. The van der Waals surface area contributed by atoms with Crippen LogP contribution in [0, 0.1) is 0 Å². The number of hydrogen-bond donors (Lipinski definition) is 1. The van der Waals surface area contributed by atoms with Gasteiger partial charge in [-0.3, -0.25) is 0 Å². The van der Waals surface area contributed by atoms with Gasteiger partial charge in [0, 0.05) is 32.4 Å². The van der Waals surface area contributed by atoms with E-state index in [0.29, 0.717) is 6.10 Å². The molecule has 5 heteroatoms. The zero-order chi connectivity index (χ0) is 14.4. The highest BCUT2D eigenvalue weighted by molar-refractivity contribution is 6.31. The first-order chi connectivity index (χ1) is 9.74. The molecule has 2 heterocycles. The minimum absolute atomic E-state index is 0.338. The van der Waals surface area contributed by atoms with Crippen molar-refractivity contribution >= 4 is 17.4 Å². The summed E-state index contributed by atoms with van der Waals surface area (Å²) in [5.74, 6) is 0.986. The molecule has 1 N–H and O–H groups in total. The minimum atomic E-state index is 0.338. The smallest absolute Gasteiger partial charge is 0.128 e. The molecule has 2 rings (SSSR count). The topological polar surface area (TPSA) is 37.4 Å². The fourth-order valence-electron chi connectivity index (χ4n) is 2.45. The lowest BCUT2D eigenvalue weighted by molar-refractivity contribution is 0.115.